The van der Waals surface area contributed by atoms with Gasteiger partial charge in [-0.05, 0) is 37.1 Å². The highest BCUT2D eigenvalue weighted by Crippen LogP contribution is 2.13. The minimum atomic E-state index is 0. The van der Waals surface area contributed by atoms with Gasteiger partial charge in [0.1, 0.15) is 5.84 Å². The van der Waals surface area contributed by atoms with E-state index in [2.05, 4.69) is 34.5 Å². The zero-order valence-corrected chi connectivity index (χ0v) is 13.3. The van der Waals surface area contributed by atoms with E-state index in [1.54, 1.807) is 0 Å². The molecule has 0 unspecified atom stereocenters. The van der Waals surface area contributed by atoms with Crippen LogP contribution in [-0.4, -0.2) is 30.4 Å². The van der Waals surface area contributed by atoms with Gasteiger partial charge in [0.25, 0.3) is 0 Å². The molecule has 1 aromatic rings. The number of nitrogens with one attached hydrogen (secondary N) is 1. The van der Waals surface area contributed by atoms with Crippen molar-refractivity contribution in [2.75, 3.05) is 19.6 Å². The lowest BCUT2D eigenvalue weighted by molar-refractivity contribution is 0.256. The molecule has 0 bridgehead atoms. The minimum absolute atomic E-state index is 0. The largest absolute Gasteiger partial charge is 0.369 e. The van der Waals surface area contributed by atoms with Crippen LogP contribution in [0.3, 0.4) is 0 Å². The summed E-state index contributed by atoms with van der Waals surface area (Å²) >= 11 is 0. The van der Waals surface area contributed by atoms with Gasteiger partial charge in [0.2, 0.25) is 0 Å². The van der Waals surface area contributed by atoms with Gasteiger partial charge in [-0.15, -0.1) is 24.8 Å². The first kappa shape index (κ1) is 17.3. The van der Waals surface area contributed by atoms with E-state index in [-0.39, 0.29) is 24.8 Å². The van der Waals surface area contributed by atoms with Gasteiger partial charge < -0.3 is 5.32 Å². The summed E-state index contributed by atoms with van der Waals surface area (Å²) in [5.74, 6) is 1.16. The molecule has 3 nitrogen and oxygen atoms in total. The maximum atomic E-state index is 4.72. The zero-order valence-electron chi connectivity index (χ0n) is 11.7. The summed E-state index contributed by atoms with van der Waals surface area (Å²) < 4.78 is 0. The molecule has 20 heavy (non-hydrogen) atoms. The Hall–Kier alpha value is -0.770. The van der Waals surface area contributed by atoms with Crippen molar-refractivity contribution in [3.8, 4) is 0 Å². The lowest BCUT2D eigenvalue weighted by Crippen LogP contribution is -2.39. The van der Waals surface area contributed by atoms with Gasteiger partial charge in [-0.2, -0.15) is 0 Å². The Morgan fingerprint density at radius 2 is 1.70 bits per heavy atom. The molecule has 0 spiro atoms. The number of rotatable bonds is 2. The second kappa shape index (κ2) is 8.50. The Morgan fingerprint density at radius 1 is 1.00 bits per heavy atom. The molecule has 1 saturated heterocycles. The molecule has 1 N–H and O–H groups in total. The van der Waals surface area contributed by atoms with Crippen molar-refractivity contribution < 1.29 is 0 Å². The van der Waals surface area contributed by atoms with Crippen LogP contribution in [0.2, 0.25) is 0 Å². The smallest absolute Gasteiger partial charge is 0.111 e. The monoisotopic (exact) mass is 315 g/mol. The Bertz CT molecular complexity index is 442. The van der Waals surface area contributed by atoms with Gasteiger partial charge in [-0.3, -0.25) is 9.89 Å². The average Bonchev–Trinajstić information content (AvgIpc) is 2.63. The van der Waals surface area contributed by atoms with E-state index in [1.165, 1.54) is 43.5 Å². The summed E-state index contributed by atoms with van der Waals surface area (Å²) in [6, 6.07) is 8.59. The number of aliphatic imine (C=N–C) groups is 1. The predicted octanol–water partition coefficient (Wildman–Crippen LogP) is 3.02. The van der Waals surface area contributed by atoms with Crippen LogP contribution < -0.4 is 5.32 Å². The van der Waals surface area contributed by atoms with E-state index in [9.17, 15) is 0 Å². The van der Waals surface area contributed by atoms with Crippen LogP contribution in [0, 0.1) is 0 Å². The maximum absolute atomic E-state index is 4.72. The zero-order chi connectivity index (χ0) is 12.2. The third kappa shape index (κ3) is 4.37. The molecule has 0 saturated carbocycles. The highest BCUT2D eigenvalue weighted by atomic mass is 35.5. The molecule has 0 radical (unpaired) electrons. The predicted molar refractivity (Wildman–Crippen MR) is 89.2 cm³/mol. The van der Waals surface area contributed by atoms with Gasteiger partial charge >= 0.3 is 0 Å². The Balaban J connectivity index is 0.000001000. The van der Waals surface area contributed by atoms with Gasteiger partial charge in [0.05, 0.1) is 13.1 Å². The fourth-order valence-electron chi connectivity index (χ4n) is 2.75. The molecular weight excluding hydrogens is 293 g/mol. The first-order valence-electron chi connectivity index (χ1n) is 6.98. The molecule has 112 valence electrons. The van der Waals surface area contributed by atoms with E-state index in [1.807, 2.05) is 0 Å². The second-order valence-corrected chi connectivity index (χ2v) is 5.22. The summed E-state index contributed by atoms with van der Waals surface area (Å²) in [6.45, 7) is 5.20. The van der Waals surface area contributed by atoms with Crippen molar-refractivity contribution >= 4 is 30.6 Å². The lowest BCUT2D eigenvalue weighted by Gasteiger charge is -2.26. The number of amidine groups is 1. The van der Waals surface area contributed by atoms with Crippen LogP contribution in [0.5, 0.6) is 0 Å². The molecule has 0 aromatic heterocycles. The van der Waals surface area contributed by atoms with Crippen molar-refractivity contribution in [2.45, 2.75) is 32.4 Å². The summed E-state index contributed by atoms with van der Waals surface area (Å²) in [5.41, 5.74) is 2.74. The molecular formula is C15H23Cl2N3. The molecule has 1 aromatic carbocycles. The van der Waals surface area contributed by atoms with E-state index in [0.29, 0.717) is 0 Å². The van der Waals surface area contributed by atoms with Crippen molar-refractivity contribution in [1.29, 1.82) is 0 Å². The Labute approximate surface area is 133 Å². The van der Waals surface area contributed by atoms with Crippen LogP contribution in [0.15, 0.2) is 29.3 Å². The number of nitrogens with zero attached hydrogens (tertiary/aromatic N) is 2. The summed E-state index contributed by atoms with van der Waals surface area (Å²) in [5, 5.41) is 3.49. The standard InChI is InChI=1S/C15H21N3.2ClH/c1-4-8-18(9-5-1)12-15-16-10-13-6-2-3-7-14(13)11-17-15;;/h2-3,6-7H,1,4-5,8-12H2,(H,16,17);2*1H. The number of benzene rings is 1. The van der Waals surface area contributed by atoms with Gasteiger partial charge in [-0.1, -0.05) is 30.7 Å². The lowest BCUT2D eigenvalue weighted by atomic mass is 10.1. The van der Waals surface area contributed by atoms with Crippen LogP contribution in [0.1, 0.15) is 30.4 Å². The first-order chi connectivity index (χ1) is 8.92. The second-order valence-electron chi connectivity index (χ2n) is 5.22. The van der Waals surface area contributed by atoms with Gasteiger partial charge in [0, 0.05) is 6.54 Å². The fourth-order valence-corrected chi connectivity index (χ4v) is 2.75. The number of fused-ring (bicyclic) bond motifs is 1. The van der Waals surface area contributed by atoms with Gasteiger partial charge in [-0.25, -0.2) is 0 Å². The van der Waals surface area contributed by atoms with Crippen LogP contribution in [0.25, 0.3) is 0 Å². The van der Waals surface area contributed by atoms with E-state index in [0.717, 1.165) is 25.5 Å². The number of piperidine rings is 1. The minimum Gasteiger partial charge on any atom is -0.369 e. The molecule has 0 aliphatic carbocycles. The number of hydrogen-bond donors (Lipinski definition) is 1. The van der Waals surface area contributed by atoms with Crippen molar-refractivity contribution in [3.63, 3.8) is 0 Å². The van der Waals surface area contributed by atoms with Gasteiger partial charge in [0.15, 0.2) is 0 Å². The van der Waals surface area contributed by atoms with Crippen molar-refractivity contribution in [1.82, 2.24) is 10.2 Å². The highest BCUT2D eigenvalue weighted by Gasteiger charge is 2.14. The van der Waals surface area contributed by atoms with E-state index in [4.69, 9.17) is 4.99 Å². The molecule has 5 heteroatoms. The molecule has 2 aliphatic heterocycles. The first-order valence-corrected chi connectivity index (χ1v) is 6.98. The summed E-state index contributed by atoms with van der Waals surface area (Å²) in [7, 11) is 0. The molecule has 3 rings (SSSR count). The molecule has 2 heterocycles. The quantitative estimate of drug-likeness (QED) is 0.908. The van der Waals surface area contributed by atoms with Crippen LogP contribution >= 0.6 is 24.8 Å². The Kier molecular flexibility index (Phi) is 7.35. The SMILES string of the molecule is Cl.Cl.c1ccc2c(c1)CN=C(CN1CCCCC1)NC2. The number of hydrogen-bond acceptors (Lipinski definition) is 3. The highest BCUT2D eigenvalue weighted by molar-refractivity contribution is 5.85. The molecule has 0 amide bonds. The van der Waals surface area contributed by atoms with Crippen LogP contribution in [-0.2, 0) is 13.1 Å². The molecule has 0 atom stereocenters. The van der Waals surface area contributed by atoms with Crippen LogP contribution in [0.4, 0.5) is 0 Å². The summed E-state index contributed by atoms with van der Waals surface area (Å²) in [6.07, 6.45) is 4.07. The topological polar surface area (TPSA) is 27.6 Å². The van der Waals surface area contributed by atoms with E-state index >= 15 is 0 Å². The average molecular weight is 316 g/mol. The molecule has 1 fully saturated rings. The normalized spacial score (nSPS) is 18.5. The summed E-state index contributed by atoms with van der Waals surface area (Å²) in [4.78, 5) is 7.24. The number of likely N-dealkylation sites (tertiary alicyclic amines) is 1. The maximum Gasteiger partial charge on any atom is 0.111 e. The third-order valence-corrected chi connectivity index (χ3v) is 3.86. The third-order valence-electron chi connectivity index (χ3n) is 3.86. The number of halogens is 2. The fraction of sp³-hybridized carbons (Fsp3) is 0.533. The van der Waals surface area contributed by atoms with Crippen molar-refractivity contribution in [3.05, 3.63) is 35.4 Å². The van der Waals surface area contributed by atoms with Crippen molar-refractivity contribution in [2.24, 2.45) is 4.99 Å². The van der Waals surface area contributed by atoms with E-state index < -0.39 is 0 Å². The molecule has 2 aliphatic rings. The Morgan fingerprint density at radius 3 is 2.45 bits per heavy atom.